The molecule has 0 saturated carbocycles. The number of carboxylic acid groups (broad SMARTS) is 1. The van der Waals surface area contributed by atoms with Gasteiger partial charge in [0.15, 0.2) is 17.3 Å². The van der Waals surface area contributed by atoms with Gasteiger partial charge in [0, 0.05) is 47.1 Å². The maximum atomic E-state index is 14.5. The molecular formula is C35H39ClN2O9. The number of esters is 1. The highest BCUT2D eigenvalue weighted by Gasteiger charge is 2.42. The lowest BCUT2D eigenvalue weighted by atomic mass is 9.87. The number of ether oxygens (including phenoxy) is 4. The number of nitrogens with two attached hydrogens (primary N) is 1. The highest BCUT2D eigenvalue weighted by Crippen LogP contribution is 2.45. The third kappa shape index (κ3) is 8.10. The van der Waals surface area contributed by atoms with Crippen LogP contribution in [0.25, 0.3) is 0 Å². The topological polar surface area (TPSA) is 155 Å². The van der Waals surface area contributed by atoms with E-state index in [4.69, 9.17) is 36.3 Å². The van der Waals surface area contributed by atoms with Crippen molar-refractivity contribution >= 4 is 40.9 Å². The lowest BCUT2D eigenvalue weighted by Gasteiger charge is -2.33. The number of fused-ring (bicyclic) bond motifs is 1. The van der Waals surface area contributed by atoms with E-state index in [0.717, 1.165) is 0 Å². The average Bonchev–Trinajstić information content (AvgIpc) is 3.14. The molecule has 1 heterocycles. The Morgan fingerprint density at radius 3 is 2.34 bits per heavy atom. The van der Waals surface area contributed by atoms with Crippen LogP contribution in [-0.2, 0) is 28.7 Å². The Hall–Kier alpha value is -4.45. The summed E-state index contributed by atoms with van der Waals surface area (Å²) in [5.41, 5.74) is 7.40. The number of carbonyl (C=O) groups excluding carboxylic acids is 3. The molecule has 1 aliphatic rings. The maximum absolute atomic E-state index is 14.5. The number of hydrogen-bond acceptors (Lipinski definition) is 9. The fourth-order valence-electron chi connectivity index (χ4n) is 5.67. The van der Waals surface area contributed by atoms with Gasteiger partial charge in [-0.05, 0) is 29.8 Å². The number of para-hydroxylation sites is 1. The zero-order chi connectivity index (χ0) is 34.5. The number of nitrogens with zero attached hydrogens (tertiary/aromatic N) is 1. The molecule has 12 heteroatoms. The number of hydrogen-bond donors (Lipinski definition) is 2. The van der Waals surface area contributed by atoms with Gasteiger partial charge < -0.3 is 34.7 Å². The maximum Gasteiger partial charge on any atom is 0.313 e. The van der Waals surface area contributed by atoms with Crippen LogP contribution >= 0.6 is 11.6 Å². The SMILES string of the molecule is COc1cccc([C@H]2O[C@@H](CC(=O)C(N)C(C(=O)O)c3ccccc3)C(=O)N(CC(C)(C)COC(C)=O)c3ccc(Cl)cc32)c1OC. The number of rotatable bonds is 13. The van der Waals surface area contributed by atoms with Gasteiger partial charge in [0.25, 0.3) is 5.91 Å². The third-order valence-electron chi connectivity index (χ3n) is 7.92. The molecule has 0 aromatic heterocycles. The van der Waals surface area contributed by atoms with Crippen molar-refractivity contribution < 1.29 is 43.2 Å². The average molecular weight is 667 g/mol. The zero-order valence-electron chi connectivity index (χ0n) is 26.9. The number of Topliss-reactive ketones (excluding diaryl/α,β-unsaturated/α-hetero) is 1. The van der Waals surface area contributed by atoms with Gasteiger partial charge in [-0.25, -0.2) is 0 Å². The Labute approximate surface area is 278 Å². The predicted octanol–water partition coefficient (Wildman–Crippen LogP) is 4.92. The minimum absolute atomic E-state index is 0.00880. The van der Waals surface area contributed by atoms with E-state index in [-0.39, 0.29) is 13.2 Å². The molecule has 3 aromatic rings. The summed E-state index contributed by atoms with van der Waals surface area (Å²) in [4.78, 5) is 53.7. The Morgan fingerprint density at radius 1 is 1.02 bits per heavy atom. The summed E-state index contributed by atoms with van der Waals surface area (Å²) in [6.45, 7) is 5.04. The second-order valence-electron chi connectivity index (χ2n) is 12.1. The Balaban J connectivity index is 1.83. The number of anilines is 1. The summed E-state index contributed by atoms with van der Waals surface area (Å²) in [6, 6.07) is 16.9. The molecule has 1 amide bonds. The van der Waals surface area contributed by atoms with E-state index in [1.165, 1.54) is 26.0 Å². The van der Waals surface area contributed by atoms with E-state index in [1.807, 2.05) is 13.8 Å². The van der Waals surface area contributed by atoms with Crippen molar-refractivity contribution in [2.45, 2.75) is 51.4 Å². The summed E-state index contributed by atoms with van der Waals surface area (Å²) < 4.78 is 23.1. The van der Waals surface area contributed by atoms with Crippen LogP contribution in [0.5, 0.6) is 11.5 Å². The number of aliphatic carboxylic acids is 1. The number of carbonyl (C=O) groups is 4. The van der Waals surface area contributed by atoms with Crippen LogP contribution in [-0.4, -0.2) is 68.3 Å². The zero-order valence-corrected chi connectivity index (χ0v) is 27.7. The van der Waals surface area contributed by atoms with Crippen molar-refractivity contribution in [3.63, 3.8) is 0 Å². The van der Waals surface area contributed by atoms with Crippen molar-refractivity contribution in [2.75, 3.05) is 32.3 Å². The molecule has 0 spiro atoms. The molecule has 250 valence electrons. The fourth-order valence-corrected chi connectivity index (χ4v) is 5.85. The second-order valence-corrected chi connectivity index (χ2v) is 12.5. The van der Waals surface area contributed by atoms with Gasteiger partial charge in [-0.2, -0.15) is 0 Å². The first-order chi connectivity index (χ1) is 22.3. The van der Waals surface area contributed by atoms with Crippen LogP contribution in [0, 0.1) is 5.41 Å². The molecule has 0 radical (unpaired) electrons. The summed E-state index contributed by atoms with van der Waals surface area (Å²) in [5, 5.41) is 10.4. The third-order valence-corrected chi connectivity index (χ3v) is 8.15. The first-order valence-corrected chi connectivity index (χ1v) is 15.3. The highest BCUT2D eigenvalue weighted by atomic mass is 35.5. The molecule has 11 nitrogen and oxygen atoms in total. The molecule has 47 heavy (non-hydrogen) atoms. The van der Waals surface area contributed by atoms with Crippen LogP contribution in [0.2, 0.25) is 5.02 Å². The molecule has 3 aromatic carbocycles. The van der Waals surface area contributed by atoms with Crippen LogP contribution < -0.4 is 20.1 Å². The molecule has 4 rings (SSSR count). The normalized spacial score (nSPS) is 17.6. The van der Waals surface area contributed by atoms with Crippen LogP contribution in [0.1, 0.15) is 55.9 Å². The van der Waals surface area contributed by atoms with Crippen molar-refractivity contribution in [3.8, 4) is 11.5 Å². The molecule has 4 atom stereocenters. The van der Waals surface area contributed by atoms with E-state index >= 15 is 0 Å². The molecular weight excluding hydrogens is 628 g/mol. The highest BCUT2D eigenvalue weighted by molar-refractivity contribution is 6.30. The second kappa shape index (κ2) is 15.0. The Kier molecular flexibility index (Phi) is 11.3. The molecule has 0 saturated heterocycles. The van der Waals surface area contributed by atoms with Crippen molar-refractivity contribution in [3.05, 3.63) is 88.4 Å². The molecule has 2 unspecified atom stereocenters. The van der Waals surface area contributed by atoms with Crippen molar-refractivity contribution in [1.82, 2.24) is 0 Å². The number of amides is 1. The first-order valence-electron chi connectivity index (χ1n) is 14.9. The summed E-state index contributed by atoms with van der Waals surface area (Å²) in [5.74, 6) is -3.59. The minimum atomic E-state index is -1.48. The summed E-state index contributed by atoms with van der Waals surface area (Å²) >= 11 is 6.50. The number of halogens is 1. The number of methoxy groups -OCH3 is 2. The smallest absolute Gasteiger partial charge is 0.313 e. The lowest BCUT2D eigenvalue weighted by molar-refractivity contribution is -0.144. The van der Waals surface area contributed by atoms with Gasteiger partial charge in [0.2, 0.25) is 0 Å². The molecule has 0 fully saturated rings. The number of ketones is 1. The van der Waals surface area contributed by atoms with Crippen LogP contribution in [0.3, 0.4) is 0 Å². The lowest BCUT2D eigenvalue weighted by Crippen LogP contribution is -2.48. The van der Waals surface area contributed by atoms with Gasteiger partial charge in [0.1, 0.15) is 18.1 Å². The minimum Gasteiger partial charge on any atom is -0.493 e. The van der Waals surface area contributed by atoms with Crippen LogP contribution in [0.4, 0.5) is 5.69 Å². The standard InChI is InChI=1S/C35H39ClN2O9/c1-20(39)46-19-35(2,3)18-38-25-15-14-22(36)16-24(25)31(23-12-9-13-27(44-4)32(23)45-5)47-28(33(38)41)17-26(40)30(37)29(34(42)43)21-10-7-6-8-11-21/h6-16,28-31H,17-19,37H2,1-5H3,(H,42,43)/t28-,29?,30?,31+/m0/s1. The van der Waals surface area contributed by atoms with E-state index in [2.05, 4.69) is 0 Å². The predicted molar refractivity (Wildman–Crippen MR) is 175 cm³/mol. The van der Waals surface area contributed by atoms with Crippen molar-refractivity contribution in [2.24, 2.45) is 11.1 Å². The van der Waals surface area contributed by atoms with Gasteiger partial charge in [-0.15, -0.1) is 0 Å². The van der Waals surface area contributed by atoms with E-state index in [1.54, 1.807) is 66.7 Å². The van der Waals surface area contributed by atoms with E-state index in [0.29, 0.717) is 38.9 Å². The number of benzene rings is 3. The summed E-state index contributed by atoms with van der Waals surface area (Å²) in [6.07, 6.45) is -2.92. The Bertz CT molecular complexity index is 1630. The van der Waals surface area contributed by atoms with Crippen molar-refractivity contribution in [1.29, 1.82) is 0 Å². The van der Waals surface area contributed by atoms with Gasteiger partial charge in [0.05, 0.1) is 26.9 Å². The molecule has 1 aliphatic heterocycles. The van der Waals surface area contributed by atoms with Crippen LogP contribution in [0.15, 0.2) is 66.7 Å². The molecule has 0 bridgehead atoms. The van der Waals surface area contributed by atoms with Gasteiger partial charge in [-0.1, -0.05) is 67.9 Å². The van der Waals surface area contributed by atoms with E-state index in [9.17, 15) is 24.3 Å². The molecule has 3 N–H and O–H groups in total. The van der Waals surface area contributed by atoms with E-state index < -0.39 is 59.6 Å². The molecule has 0 aliphatic carbocycles. The Morgan fingerprint density at radius 2 is 1.72 bits per heavy atom. The monoisotopic (exact) mass is 666 g/mol. The summed E-state index contributed by atoms with van der Waals surface area (Å²) in [7, 11) is 2.97. The quantitative estimate of drug-likeness (QED) is 0.240. The van der Waals surface area contributed by atoms with Gasteiger partial charge in [-0.3, -0.25) is 19.2 Å². The van der Waals surface area contributed by atoms with Gasteiger partial charge >= 0.3 is 11.9 Å². The number of carboxylic acids is 1. The largest absolute Gasteiger partial charge is 0.493 e. The fraction of sp³-hybridized carbons (Fsp3) is 0.371. The first kappa shape index (κ1) is 35.4.